The maximum Gasteiger partial charge on any atom is 0.346 e. The standard InChI is InChI=1S/C21H16N4O5/c1-21(15-7-3-2-4-8-15)19(26)24(20(27)23-21)22-13-17-10-11-18(30-17)14-6-5-9-16(12-14)25(28)29/h2-13H,1H3,(H,23,27)/b22-13-/t21-/m0/s1. The number of carbonyl (C=O) groups excluding carboxylic acids is 2. The third-order valence-electron chi connectivity index (χ3n) is 4.79. The number of hydrazone groups is 1. The van der Waals surface area contributed by atoms with Gasteiger partial charge in [-0.2, -0.15) is 5.10 Å². The van der Waals surface area contributed by atoms with Crippen LogP contribution in [0.2, 0.25) is 0 Å². The zero-order valence-corrected chi connectivity index (χ0v) is 15.8. The first-order valence-electron chi connectivity index (χ1n) is 8.99. The van der Waals surface area contributed by atoms with Crippen molar-refractivity contribution < 1.29 is 18.9 Å². The van der Waals surface area contributed by atoms with Crippen molar-refractivity contribution in [2.45, 2.75) is 12.5 Å². The van der Waals surface area contributed by atoms with Crippen molar-refractivity contribution in [1.29, 1.82) is 0 Å². The summed E-state index contributed by atoms with van der Waals surface area (Å²) in [5.41, 5.74) is -0.103. The van der Waals surface area contributed by atoms with Gasteiger partial charge in [-0.05, 0) is 24.6 Å². The molecule has 1 fully saturated rings. The van der Waals surface area contributed by atoms with Gasteiger partial charge in [-0.15, -0.1) is 5.01 Å². The molecule has 1 aliphatic heterocycles. The molecule has 30 heavy (non-hydrogen) atoms. The topological polar surface area (TPSA) is 118 Å². The molecule has 1 atom stereocenters. The zero-order chi connectivity index (χ0) is 21.3. The van der Waals surface area contributed by atoms with E-state index in [2.05, 4.69) is 10.4 Å². The molecule has 1 N–H and O–H groups in total. The van der Waals surface area contributed by atoms with Crippen LogP contribution in [0.3, 0.4) is 0 Å². The molecule has 0 spiro atoms. The fourth-order valence-electron chi connectivity index (χ4n) is 3.16. The Balaban J connectivity index is 1.55. The van der Waals surface area contributed by atoms with Crippen LogP contribution < -0.4 is 5.32 Å². The maximum absolute atomic E-state index is 12.8. The fourth-order valence-corrected chi connectivity index (χ4v) is 3.16. The van der Waals surface area contributed by atoms with Crippen molar-refractivity contribution in [3.8, 4) is 11.3 Å². The number of benzene rings is 2. The summed E-state index contributed by atoms with van der Waals surface area (Å²) in [6.07, 6.45) is 1.25. The van der Waals surface area contributed by atoms with Gasteiger partial charge in [0.25, 0.3) is 11.6 Å². The van der Waals surface area contributed by atoms with E-state index in [1.807, 2.05) is 6.07 Å². The lowest BCUT2D eigenvalue weighted by atomic mass is 9.92. The number of nitro benzene ring substituents is 1. The van der Waals surface area contributed by atoms with E-state index in [4.69, 9.17) is 4.42 Å². The summed E-state index contributed by atoms with van der Waals surface area (Å²) in [5.74, 6) is 0.164. The first-order valence-corrected chi connectivity index (χ1v) is 8.99. The monoisotopic (exact) mass is 404 g/mol. The lowest BCUT2D eigenvalue weighted by molar-refractivity contribution is -0.384. The molecule has 2 heterocycles. The normalized spacial score (nSPS) is 18.8. The summed E-state index contributed by atoms with van der Waals surface area (Å²) in [7, 11) is 0. The fraction of sp³-hybridized carbons (Fsp3) is 0.0952. The third-order valence-corrected chi connectivity index (χ3v) is 4.79. The minimum atomic E-state index is -1.22. The van der Waals surface area contributed by atoms with Gasteiger partial charge in [-0.3, -0.25) is 14.9 Å². The Morgan fingerprint density at radius 3 is 2.60 bits per heavy atom. The molecule has 3 aromatic rings. The molecule has 2 aromatic carbocycles. The van der Waals surface area contributed by atoms with Crippen LogP contribution in [0, 0.1) is 10.1 Å². The summed E-state index contributed by atoms with van der Waals surface area (Å²) in [5, 5.41) is 18.3. The average Bonchev–Trinajstić information content (AvgIpc) is 3.31. The minimum absolute atomic E-state index is 0.0568. The number of nitrogens with one attached hydrogen (secondary N) is 1. The number of nitro groups is 1. The molecule has 9 nitrogen and oxygen atoms in total. The second kappa shape index (κ2) is 7.28. The first kappa shape index (κ1) is 19.1. The van der Waals surface area contributed by atoms with Crippen LogP contribution >= 0.6 is 0 Å². The number of furan rings is 1. The lowest BCUT2D eigenvalue weighted by Crippen LogP contribution is -2.40. The van der Waals surface area contributed by atoms with E-state index in [0.29, 0.717) is 16.9 Å². The number of imide groups is 1. The molecule has 1 aromatic heterocycles. The Hall–Kier alpha value is -4.27. The molecule has 1 aliphatic rings. The number of hydrogen-bond donors (Lipinski definition) is 1. The van der Waals surface area contributed by atoms with Crippen molar-refractivity contribution in [3.05, 3.63) is 88.2 Å². The highest BCUT2D eigenvalue weighted by Gasteiger charge is 2.49. The van der Waals surface area contributed by atoms with Crippen LogP contribution in [0.4, 0.5) is 10.5 Å². The van der Waals surface area contributed by atoms with Crippen LogP contribution in [-0.2, 0) is 10.3 Å². The molecule has 0 bridgehead atoms. The van der Waals surface area contributed by atoms with Crippen molar-refractivity contribution in [3.63, 3.8) is 0 Å². The Bertz CT molecular complexity index is 1170. The van der Waals surface area contributed by atoms with Gasteiger partial charge in [0.2, 0.25) is 0 Å². The van der Waals surface area contributed by atoms with E-state index in [1.165, 1.54) is 18.3 Å². The van der Waals surface area contributed by atoms with Crippen molar-refractivity contribution in [2.24, 2.45) is 5.10 Å². The lowest BCUT2D eigenvalue weighted by Gasteiger charge is -2.20. The molecule has 1 saturated heterocycles. The van der Waals surface area contributed by atoms with E-state index in [9.17, 15) is 19.7 Å². The van der Waals surface area contributed by atoms with Gasteiger partial charge in [0, 0.05) is 17.7 Å². The molecular formula is C21H16N4O5. The Labute approximate surface area is 170 Å². The van der Waals surface area contributed by atoms with E-state index in [1.54, 1.807) is 55.5 Å². The maximum atomic E-state index is 12.8. The van der Waals surface area contributed by atoms with Crippen molar-refractivity contribution >= 4 is 23.8 Å². The largest absolute Gasteiger partial charge is 0.455 e. The smallest absolute Gasteiger partial charge is 0.346 e. The number of amides is 3. The molecule has 150 valence electrons. The third kappa shape index (κ3) is 3.32. The van der Waals surface area contributed by atoms with Gasteiger partial charge in [0.1, 0.15) is 17.1 Å². The van der Waals surface area contributed by atoms with Gasteiger partial charge in [0.15, 0.2) is 0 Å². The number of nitrogens with zero attached hydrogens (tertiary/aromatic N) is 3. The number of non-ortho nitro benzene ring substituents is 1. The van der Waals surface area contributed by atoms with E-state index < -0.39 is 22.4 Å². The molecule has 0 unspecified atom stereocenters. The van der Waals surface area contributed by atoms with Crippen LogP contribution in [0.15, 0.2) is 76.2 Å². The van der Waals surface area contributed by atoms with Gasteiger partial charge >= 0.3 is 6.03 Å². The molecule has 3 amide bonds. The second-order valence-corrected chi connectivity index (χ2v) is 6.79. The van der Waals surface area contributed by atoms with Crippen molar-refractivity contribution in [2.75, 3.05) is 0 Å². The highest BCUT2D eigenvalue weighted by atomic mass is 16.6. The molecule has 0 aliphatic carbocycles. The van der Waals surface area contributed by atoms with Crippen LogP contribution in [0.5, 0.6) is 0 Å². The SMILES string of the molecule is C[C@@]1(c2ccccc2)NC(=O)N(/N=C\c2ccc(-c3cccc([N+](=O)[O-])c3)o2)C1=O. The van der Waals surface area contributed by atoms with Gasteiger partial charge in [0.05, 0.1) is 11.1 Å². The van der Waals surface area contributed by atoms with E-state index in [0.717, 1.165) is 5.01 Å². The van der Waals surface area contributed by atoms with Crippen LogP contribution in [0.25, 0.3) is 11.3 Å². The van der Waals surface area contributed by atoms with Crippen LogP contribution in [0.1, 0.15) is 18.2 Å². The van der Waals surface area contributed by atoms with Gasteiger partial charge in [-0.1, -0.05) is 42.5 Å². The number of rotatable bonds is 5. The predicted molar refractivity (Wildman–Crippen MR) is 108 cm³/mol. The highest BCUT2D eigenvalue weighted by Crippen LogP contribution is 2.29. The van der Waals surface area contributed by atoms with Crippen LogP contribution in [-0.4, -0.2) is 28.1 Å². The molecular weight excluding hydrogens is 388 g/mol. The highest BCUT2D eigenvalue weighted by molar-refractivity contribution is 6.07. The summed E-state index contributed by atoms with van der Waals surface area (Å²) in [4.78, 5) is 35.6. The minimum Gasteiger partial charge on any atom is -0.455 e. The summed E-state index contributed by atoms with van der Waals surface area (Å²) >= 11 is 0. The number of carbonyl (C=O) groups is 2. The van der Waals surface area contributed by atoms with Crippen molar-refractivity contribution in [1.82, 2.24) is 10.3 Å². The first-order chi connectivity index (χ1) is 14.4. The predicted octanol–water partition coefficient (Wildman–Crippen LogP) is 3.66. The molecule has 0 radical (unpaired) electrons. The summed E-state index contributed by atoms with van der Waals surface area (Å²) in [6.45, 7) is 1.62. The van der Waals surface area contributed by atoms with Gasteiger partial charge in [-0.25, -0.2) is 4.79 Å². The quantitative estimate of drug-likeness (QED) is 0.301. The Morgan fingerprint density at radius 2 is 1.87 bits per heavy atom. The Morgan fingerprint density at radius 1 is 1.10 bits per heavy atom. The Kier molecular flexibility index (Phi) is 4.63. The van der Waals surface area contributed by atoms with Gasteiger partial charge < -0.3 is 9.73 Å². The summed E-state index contributed by atoms with van der Waals surface area (Å²) in [6, 6.07) is 17.5. The molecule has 9 heteroatoms. The molecule has 4 rings (SSSR count). The van der Waals surface area contributed by atoms with E-state index >= 15 is 0 Å². The zero-order valence-electron chi connectivity index (χ0n) is 15.8. The average molecular weight is 404 g/mol. The molecule has 0 saturated carbocycles. The van der Waals surface area contributed by atoms with E-state index in [-0.39, 0.29) is 11.4 Å². The second-order valence-electron chi connectivity index (χ2n) is 6.79. The number of urea groups is 1. The summed E-state index contributed by atoms with van der Waals surface area (Å²) < 4.78 is 5.63. The number of hydrogen-bond acceptors (Lipinski definition) is 6.